The fourth-order valence-electron chi connectivity index (χ4n) is 0.916. The van der Waals surface area contributed by atoms with Crippen molar-refractivity contribution in [1.82, 2.24) is 0 Å². The predicted octanol–water partition coefficient (Wildman–Crippen LogP) is 2.19. The normalized spacial score (nSPS) is 13.2. The molecule has 0 radical (unpaired) electrons. The molecule has 2 N–H and O–H groups in total. The minimum Gasteiger partial charge on any atom is -0.379 e. The summed E-state index contributed by atoms with van der Waals surface area (Å²) in [4.78, 5) is 0. The zero-order valence-corrected chi connectivity index (χ0v) is 10.9. The first-order valence-electron chi connectivity index (χ1n) is 5.69. The topological polar surface area (TPSA) is 44.5 Å². The maximum atomic E-state index is 5.56. The third-order valence-corrected chi connectivity index (χ3v) is 2.21. The third kappa shape index (κ3) is 10.2. The molecule has 0 spiro atoms. The Bertz CT molecular complexity index is 161. The van der Waals surface area contributed by atoms with Gasteiger partial charge >= 0.3 is 0 Å². The quantitative estimate of drug-likeness (QED) is 0.665. The molecule has 0 fully saturated rings. The van der Waals surface area contributed by atoms with Crippen LogP contribution in [-0.2, 0) is 9.47 Å². The van der Waals surface area contributed by atoms with Gasteiger partial charge in [0.05, 0.1) is 18.8 Å². The maximum Gasteiger partial charge on any atom is 0.0749 e. The first-order valence-corrected chi connectivity index (χ1v) is 5.69. The number of ether oxygens (including phenoxy) is 2. The van der Waals surface area contributed by atoms with E-state index >= 15 is 0 Å². The average Bonchev–Trinajstić information content (AvgIpc) is 2.09. The number of hydrogen-bond donors (Lipinski definition) is 1. The van der Waals surface area contributed by atoms with E-state index in [-0.39, 0.29) is 5.60 Å². The largest absolute Gasteiger partial charge is 0.379 e. The summed E-state index contributed by atoms with van der Waals surface area (Å²) in [5.74, 6) is 0. The average molecular weight is 217 g/mol. The molecule has 0 aliphatic carbocycles. The van der Waals surface area contributed by atoms with Crippen LogP contribution in [-0.4, -0.2) is 32.0 Å². The van der Waals surface area contributed by atoms with Gasteiger partial charge in [0.2, 0.25) is 0 Å². The van der Waals surface area contributed by atoms with Gasteiger partial charge in [-0.2, -0.15) is 0 Å². The van der Waals surface area contributed by atoms with Gasteiger partial charge in [-0.1, -0.05) is 20.8 Å². The number of hydrogen-bond acceptors (Lipinski definition) is 3. The van der Waals surface area contributed by atoms with E-state index in [1.165, 1.54) is 0 Å². The highest BCUT2D eigenvalue weighted by atomic mass is 16.5. The Balaban J connectivity index is 3.33. The molecular formula is C12H27NO2. The predicted molar refractivity (Wildman–Crippen MR) is 64.0 cm³/mol. The van der Waals surface area contributed by atoms with Gasteiger partial charge in [-0.05, 0) is 25.7 Å². The molecule has 15 heavy (non-hydrogen) atoms. The Morgan fingerprint density at radius 3 is 2.00 bits per heavy atom. The molecule has 0 aliphatic heterocycles. The van der Waals surface area contributed by atoms with Crippen molar-refractivity contribution in [3.8, 4) is 0 Å². The molecule has 0 aromatic rings. The van der Waals surface area contributed by atoms with Crippen LogP contribution in [0.1, 0.15) is 41.0 Å². The van der Waals surface area contributed by atoms with Crippen LogP contribution in [0.3, 0.4) is 0 Å². The Morgan fingerprint density at radius 1 is 0.933 bits per heavy atom. The summed E-state index contributed by atoms with van der Waals surface area (Å²) in [7, 11) is 0. The summed E-state index contributed by atoms with van der Waals surface area (Å²) in [6.45, 7) is 13.2. The third-order valence-electron chi connectivity index (χ3n) is 2.21. The fraction of sp³-hybridized carbons (Fsp3) is 1.00. The molecule has 0 amide bonds. The van der Waals surface area contributed by atoms with Crippen molar-refractivity contribution in [2.45, 2.75) is 46.6 Å². The highest BCUT2D eigenvalue weighted by Crippen LogP contribution is 2.17. The van der Waals surface area contributed by atoms with Crippen LogP contribution in [0.5, 0.6) is 0 Å². The summed E-state index contributed by atoms with van der Waals surface area (Å²) in [6, 6.07) is 0. The van der Waals surface area contributed by atoms with Crippen molar-refractivity contribution in [3.05, 3.63) is 0 Å². The van der Waals surface area contributed by atoms with E-state index in [0.29, 0.717) is 25.2 Å². The second-order valence-electron chi connectivity index (χ2n) is 5.74. The molecule has 92 valence electrons. The molecule has 0 aromatic carbocycles. The Morgan fingerprint density at radius 2 is 1.53 bits per heavy atom. The summed E-state index contributed by atoms with van der Waals surface area (Å²) < 4.78 is 11.0. The lowest BCUT2D eigenvalue weighted by Crippen LogP contribution is -2.35. The lowest BCUT2D eigenvalue weighted by atomic mass is 9.93. The SMILES string of the molecule is CC(C)(C)CCOCCOC(C)(C)CN. The molecule has 0 saturated heterocycles. The molecule has 0 atom stereocenters. The highest BCUT2D eigenvalue weighted by Gasteiger charge is 2.15. The second kappa shape index (κ2) is 6.46. The molecule has 0 rings (SSSR count). The van der Waals surface area contributed by atoms with Gasteiger partial charge in [0.25, 0.3) is 0 Å². The summed E-state index contributed by atoms with van der Waals surface area (Å²) in [5.41, 5.74) is 5.65. The monoisotopic (exact) mass is 217 g/mol. The first-order chi connectivity index (χ1) is 6.77. The minimum atomic E-state index is -0.229. The van der Waals surface area contributed by atoms with Crippen LogP contribution in [0.2, 0.25) is 0 Å². The van der Waals surface area contributed by atoms with Gasteiger partial charge in [0.1, 0.15) is 0 Å². The van der Waals surface area contributed by atoms with Gasteiger partial charge in [0.15, 0.2) is 0 Å². The molecule has 0 bridgehead atoms. The van der Waals surface area contributed by atoms with Crippen molar-refractivity contribution >= 4 is 0 Å². The molecule has 0 aliphatic rings. The van der Waals surface area contributed by atoms with Crippen LogP contribution < -0.4 is 5.73 Å². The van der Waals surface area contributed by atoms with Crippen molar-refractivity contribution in [2.24, 2.45) is 11.1 Å². The molecular weight excluding hydrogens is 190 g/mol. The number of nitrogens with two attached hydrogens (primary N) is 1. The summed E-state index contributed by atoms with van der Waals surface area (Å²) >= 11 is 0. The summed E-state index contributed by atoms with van der Waals surface area (Å²) in [6.07, 6.45) is 1.08. The fourth-order valence-corrected chi connectivity index (χ4v) is 0.916. The minimum absolute atomic E-state index is 0.229. The Kier molecular flexibility index (Phi) is 6.41. The molecule has 0 heterocycles. The molecule has 0 unspecified atom stereocenters. The van der Waals surface area contributed by atoms with Crippen LogP contribution in [0.4, 0.5) is 0 Å². The van der Waals surface area contributed by atoms with E-state index in [1.807, 2.05) is 13.8 Å². The van der Waals surface area contributed by atoms with E-state index in [0.717, 1.165) is 13.0 Å². The lowest BCUT2D eigenvalue weighted by molar-refractivity contribution is -0.0424. The van der Waals surface area contributed by atoms with E-state index in [2.05, 4.69) is 20.8 Å². The van der Waals surface area contributed by atoms with Gasteiger partial charge in [0, 0.05) is 13.2 Å². The van der Waals surface area contributed by atoms with Crippen molar-refractivity contribution in [1.29, 1.82) is 0 Å². The van der Waals surface area contributed by atoms with Crippen LogP contribution in [0.15, 0.2) is 0 Å². The zero-order chi connectivity index (χ0) is 11.9. The summed E-state index contributed by atoms with van der Waals surface area (Å²) in [5, 5.41) is 0. The van der Waals surface area contributed by atoms with E-state index in [1.54, 1.807) is 0 Å². The van der Waals surface area contributed by atoms with Gasteiger partial charge < -0.3 is 15.2 Å². The number of rotatable bonds is 7. The smallest absolute Gasteiger partial charge is 0.0749 e. The first kappa shape index (κ1) is 14.9. The van der Waals surface area contributed by atoms with Gasteiger partial charge in [-0.25, -0.2) is 0 Å². The van der Waals surface area contributed by atoms with Crippen molar-refractivity contribution in [3.63, 3.8) is 0 Å². The standard InChI is InChI=1S/C12H27NO2/c1-11(2,3)6-7-14-8-9-15-12(4,5)10-13/h6-10,13H2,1-5H3. The van der Waals surface area contributed by atoms with Crippen molar-refractivity contribution < 1.29 is 9.47 Å². The molecule has 0 aromatic heterocycles. The van der Waals surface area contributed by atoms with Crippen LogP contribution >= 0.6 is 0 Å². The van der Waals surface area contributed by atoms with E-state index in [4.69, 9.17) is 15.2 Å². The maximum absolute atomic E-state index is 5.56. The van der Waals surface area contributed by atoms with E-state index in [9.17, 15) is 0 Å². The van der Waals surface area contributed by atoms with E-state index < -0.39 is 0 Å². The van der Waals surface area contributed by atoms with Crippen molar-refractivity contribution in [2.75, 3.05) is 26.4 Å². The van der Waals surface area contributed by atoms with Crippen LogP contribution in [0.25, 0.3) is 0 Å². The highest BCUT2D eigenvalue weighted by molar-refractivity contribution is 4.68. The Hall–Kier alpha value is -0.120. The molecule has 3 nitrogen and oxygen atoms in total. The molecule has 0 saturated carbocycles. The molecule has 3 heteroatoms. The van der Waals surface area contributed by atoms with Crippen LogP contribution in [0, 0.1) is 5.41 Å². The van der Waals surface area contributed by atoms with Gasteiger partial charge in [-0.3, -0.25) is 0 Å². The lowest BCUT2D eigenvalue weighted by Gasteiger charge is -2.23. The Labute approximate surface area is 94.3 Å². The van der Waals surface area contributed by atoms with Gasteiger partial charge in [-0.15, -0.1) is 0 Å². The second-order valence-corrected chi connectivity index (χ2v) is 5.74. The zero-order valence-electron chi connectivity index (χ0n) is 10.9.